The van der Waals surface area contributed by atoms with Crippen LogP contribution in [0.3, 0.4) is 0 Å². The zero-order valence-corrected chi connectivity index (χ0v) is 10.1. The molecule has 1 aliphatic rings. The zero-order valence-electron chi connectivity index (χ0n) is 10.7. The van der Waals surface area contributed by atoms with Crippen LogP contribution in [0.5, 0.6) is 0 Å². The Morgan fingerprint density at radius 2 is 1.77 bits per heavy atom. The minimum Gasteiger partial charge on any atom is -1.00 e. The molecule has 0 heterocycles. The fourth-order valence-corrected chi connectivity index (χ4v) is 2.00. The summed E-state index contributed by atoms with van der Waals surface area (Å²) in [6.45, 7) is 3.70. The quantitative estimate of drug-likeness (QED) is 0.689. The Morgan fingerprint density at radius 1 is 1.31 bits per heavy atom. The Balaban J connectivity index is -0.000000480. The van der Waals surface area contributed by atoms with Crippen LogP contribution in [0, 0.1) is 11.3 Å². The maximum atomic E-state index is 10.9. The minimum atomic E-state index is -0.644. The molecule has 2 nitrogen and oxygen atoms in total. The fraction of sp³-hybridized carbons (Fsp3) is 0.900. The van der Waals surface area contributed by atoms with Crippen molar-refractivity contribution in [2.24, 2.45) is 11.3 Å². The maximum Gasteiger partial charge on any atom is 2.00 e. The molecule has 0 saturated heterocycles. The van der Waals surface area contributed by atoms with E-state index < -0.39 is 11.4 Å². The number of aliphatic carboxylic acids is 1. The SMILES string of the molecule is CC(C)(C(=O)O)C1CCCCC1.[H-].[H-].[Mg+2]. The van der Waals surface area contributed by atoms with E-state index in [9.17, 15) is 4.79 Å². The van der Waals surface area contributed by atoms with Crippen LogP contribution < -0.4 is 0 Å². The van der Waals surface area contributed by atoms with Crippen LogP contribution >= 0.6 is 0 Å². The van der Waals surface area contributed by atoms with Gasteiger partial charge in [0.15, 0.2) is 0 Å². The van der Waals surface area contributed by atoms with Crippen molar-refractivity contribution >= 4 is 29.0 Å². The largest absolute Gasteiger partial charge is 2.00 e. The fourth-order valence-electron chi connectivity index (χ4n) is 2.00. The van der Waals surface area contributed by atoms with E-state index in [0.717, 1.165) is 12.8 Å². The van der Waals surface area contributed by atoms with Gasteiger partial charge in [-0.15, -0.1) is 0 Å². The second-order valence-electron chi connectivity index (χ2n) is 4.36. The first-order valence-electron chi connectivity index (χ1n) is 4.78. The van der Waals surface area contributed by atoms with Crippen molar-refractivity contribution in [3.8, 4) is 0 Å². The first-order valence-corrected chi connectivity index (χ1v) is 4.78. The molecular weight excluding hydrogens is 176 g/mol. The first-order chi connectivity index (χ1) is 5.55. The summed E-state index contributed by atoms with van der Waals surface area (Å²) in [6.07, 6.45) is 5.90. The Kier molecular flexibility index (Phi) is 5.29. The summed E-state index contributed by atoms with van der Waals surface area (Å²) in [5, 5.41) is 8.99. The average Bonchev–Trinajstić information content (AvgIpc) is 2.06. The van der Waals surface area contributed by atoms with Gasteiger partial charge in [-0.25, -0.2) is 0 Å². The third-order valence-electron chi connectivity index (χ3n) is 3.18. The summed E-state index contributed by atoms with van der Waals surface area (Å²) in [5.74, 6) is -0.252. The molecule has 0 radical (unpaired) electrons. The van der Waals surface area contributed by atoms with E-state index in [4.69, 9.17) is 5.11 Å². The summed E-state index contributed by atoms with van der Waals surface area (Å²) in [7, 11) is 0. The van der Waals surface area contributed by atoms with E-state index in [0.29, 0.717) is 5.92 Å². The summed E-state index contributed by atoms with van der Waals surface area (Å²) < 4.78 is 0. The summed E-state index contributed by atoms with van der Waals surface area (Å²) in [4.78, 5) is 10.9. The van der Waals surface area contributed by atoms with Crippen molar-refractivity contribution < 1.29 is 12.8 Å². The van der Waals surface area contributed by atoms with Crippen molar-refractivity contribution in [2.75, 3.05) is 0 Å². The minimum absolute atomic E-state index is 0. The molecule has 0 atom stereocenters. The molecule has 0 spiro atoms. The number of carbonyl (C=O) groups is 1. The topological polar surface area (TPSA) is 37.3 Å². The van der Waals surface area contributed by atoms with Gasteiger partial charge in [-0.3, -0.25) is 4.79 Å². The summed E-state index contributed by atoms with van der Waals surface area (Å²) in [6, 6.07) is 0. The summed E-state index contributed by atoms with van der Waals surface area (Å²) in [5.41, 5.74) is -0.513. The Hall–Kier alpha value is 0.236. The smallest absolute Gasteiger partial charge is 1.00 e. The molecule has 1 aliphatic carbocycles. The van der Waals surface area contributed by atoms with Crippen molar-refractivity contribution in [1.29, 1.82) is 0 Å². The number of hydrogen-bond acceptors (Lipinski definition) is 1. The van der Waals surface area contributed by atoms with Gasteiger partial charge in [0.25, 0.3) is 0 Å². The van der Waals surface area contributed by atoms with Gasteiger partial charge in [0.2, 0.25) is 0 Å². The number of hydrogen-bond donors (Lipinski definition) is 1. The van der Waals surface area contributed by atoms with E-state index in [1.54, 1.807) is 0 Å². The number of rotatable bonds is 2. The van der Waals surface area contributed by atoms with Gasteiger partial charge in [-0.2, -0.15) is 0 Å². The van der Waals surface area contributed by atoms with E-state index in [1.165, 1.54) is 19.3 Å². The van der Waals surface area contributed by atoms with Gasteiger partial charge in [-0.05, 0) is 32.6 Å². The van der Waals surface area contributed by atoms with Gasteiger partial charge in [0.05, 0.1) is 5.41 Å². The normalized spacial score (nSPS) is 19.2. The molecule has 0 amide bonds. The van der Waals surface area contributed by atoms with Crippen molar-refractivity contribution in [1.82, 2.24) is 0 Å². The van der Waals surface area contributed by atoms with Crippen LogP contribution in [0.1, 0.15) is 48.8 Å². The van der Waals surface area contributed by atoms with Gasteiger partial charge in [-0.1, -0.05) is 19.3 Å². The second kappa shape index (κ2) is 5.20. The molecule has 74 valence electrons. The number of carboxylic acids is 1. The molecule has 0 aromatic carbocycles. The molecule has 1 fully saturated rings. The molecule has 0 aromatic rings. The molecule has 1 rings (SSSR count). The van der Waals surface area contributed by atoms with E-state index in [-0.39, 0.29) is 25.9 Å². The second-order valence-corrected chi connectivity index (χ2v) is 4.36. The first kappa shape index (κ1) is 13.2. The molecule has 0 aliphatic heterocycles. The standard InChI is InChI=1S/C10H18O2.Mg.2H/c1-10(2,9(11)12)8-6-4-3-5-7-8;;;/h8H,3-7H2,1-2H3,(H,11,12);;;/q;+2;2*-1. The van der Waals surface area contributed by atoms with Crippen molar-refractivity contribution in [3.05, 3.63) is 0 Å². The van der Waals surface area contributed by atoms with Gasteiger partial charge in [0, 0.05) is 0 Å². The predicted molar refractivity (Wildman–Crippen MR) is 56.0 cm³/mol. The average molecular weight is 197 g/mol. The molecule has 13 heavy (non-hydrogen) atoms. The molecule has 0 bridgehead atoms. The van der Waals surface area contributed by atoms with Gasteiger partial charge >= 0.3 is 29.0 Å². The van der Waals surface area contributed by atoms with Crippen LogP contribution in [-0.2, 0) is 4.79 Å². The molecule has 1 saturated carbocycles. The maximum absolute atomic E-state index is 10.9. The Morgan fingerprint density at radius 3 is 2.15 bits per heavy atom. The van der Waals surface area contributed by atoms with Gasteiger partial charge < -0.3 is 7.96 Å². The third kappa shape index (κ3) is 3.13. The van der Waals surface area contributed by atoms with E-state index in [2.05, 4.69) is 0 Å². The summed E-state index contributed by atoms with van der Waals surface area (Å²) >= 11 is 0. The molecular formula is C10H20MgO2. The number of carboxylic acid groups (broad SMARTS) is 1. The molecule has 0 unspecified atom stereocenters. The van der Waals surface area contributed by atoms with E-state index in [1.807, 2.05) is 13.8 Å². The Bertz CT molecular complexity index is 180. The van der Waals surface area contributed by atoms with Crippen LogP contribution in [0.2, 0.25) is 0 Å². The monoisotopic (exact) mass is 196 g/mol. The zero-order chi connectivity index (χ0) is 9.19. The molecule has 3 heteroatoms. The Labute approximate surface area is 99.2 Å². The van der Waals surface area contributed by atoms with Crippen molar-refractivity contribution in [2.45, 2.75) is 46.0 Å². The molecule has 1 N–H and O–H groups in total. The molecule has 0 aromatic heterocycles. The van der Waals surface area contributed by atoms with Gasteiger partial charge in [0.1, 0.15) is 0 Å². The van der Waals surface area contributed by atoms with Crippen LogP contribution in [-0.4, -0.2) is 34.1 Å². The van der Waals surface area contributed by atoms with Crippen LogP contribution in [0.25, 0.3) is 0 Å². The van der Waals surface area contributed by atoms with E-state index >= 15 is 0 Å². The third-order valence-corrected chi connectivity index (χ3v) is 3.18. The van der Waals surface area contributed by atoms with Crippen molar-refractivity contribution in [3.63, 3.8) is 0 Å². The van der Waals surface area contributed by atoms with Crippen LogP contribution in [0.15, 0.2) is 0 Å². The van der Waals surface area contributed by atoms with Crippen LogP contribution in [0.4, 0.5) is 0 Å². The predicted octanol–water partition coefficient (Wildman–Crippen LogP) is 2.52.